The summed E-state index contributed by atoms with van der Waals surface area (Å²) >= 11 is 1.63. The van der Waals surface area contributed by atoms with E-state index in [2.05, 4.69) is 4.98 Å². The van der Waals surface area contributed by atoms with Crippen LogP contribution >= 0.6 is 11.3 Å². The highest BCUT2D eigenvalue weighted by molar-refractivity contribution is 7.10. The smallest absolute Gasteiger partial charge is 0.227 e. The largest absolute Gasteiger partial charge is 0.358 e. The van der Waals surface area contributed by atoms with Crippen LogP contribution in [0.2, 0.25) is 0 Å². The summed E-state index contributed by atoms with van der Waals surface area (Å²) in [4.78, 5) is 19.0. The molecule has 2 aromatic heterocycles. The maximum absolute atomic E-state index is 13.4. The number of amides is 1. The van der Waals surface area contributed by atoms with E-state index < -0.39 is 0 Å². The van der Waals surface area contributed by atoms with Gasteiger partial charge in [-0.1, -0.05) is 6.07 Å². The summed E-state index contributed by atoms with van der Waals surface area (Å²) in [7, 11) is 0. The van der Waals surface area contributed by atoms with E-state index in [4.69, 9.17) is 0 Å². The van der Waals surface area contributed by atoms with E-state index in [1.807, 2.05) is 28.5 Å². The number of nitrogens with one attached hydrogen (secondary N) is 1. The Morgan fingerprint density at radius 1 is 1.33 bits per heavy atom. The maximum atomic E-state index is 13.4. The summed E-state index contributed by atoms with van der Waals surface area (Å²) in [5.41, 5.74) is 2.05. The summed E-state index contributed by atoms with van der Waals surface area (Å²) in [6, 6.07) is 10.8. The molecule has 1 saturated heterocycles. The van der Waals surface area contributed by atoms with Crippen molar-refractivity contribution in [1.82, 2.24) is 9.88 Å². The molecule has 24 heavy (non-hydrogen) atoms. The third-order valence-electron chi connectivity index (χ3n) is 4.72. The van der Waals surface area contributed by atoms with E-state index in [0.717, 1.165) is 47.4 Å². The Morgan fingerprint density at radius 2 is 2.25 bits per heavy atom. The number of nitrogens with zero attached hydrogens (tertiary/aromatic N) is 1. The predicted octanol–water partition coefficient (Wildman–Crippen LogP) is 4.32. The van der Waals surface area contributed by atoms with Gasteiger partial charge in [-0.05, 0) is 48.6 Å². The van der Waals surface area contributed by atoms with Crippen LogP contribution in [0.15, 0.2) is 41.8 Å². The number of aromatic nitrogens is 1. The van der Waals surface area contributed by atoms with E-state index in [-0.39, 0.29) is 11.7 Å². The molecule has 0 saturated carbocycles. The number of halogens is 1. The minimum Gasteiger partial charge on any atom is -0.358 e. The molecule has 5 heteroatoms. The lowest BCUT2D eigenvalue weighted by molar-refractivity contribution is -0.131. The summed E-state index contributed by atoms with van der Waals surface area (Å²) in [6.07, 6.45) is 2.55. The second-order valence-electron chi connectivity index (χ2n) is 6.39. The number of fused-ring (bicyclic) bond motifs is 1. The zero-order valence-corrected chi connectivity index (χ0v) is 14.1. The zero-order chi connectivity index (χ0) is 16.5. The molecule has 3 aromatic rings. The van der Waals surface area contributed by atoms with Crippen LogP contribution in [0.1, 0.15) is 29.3 Å². The molecule has 1 aliphatic rings. The van der Waals surface area contributed by atoms with Gasteiger partial charge in [0.1, 0.15) is 5.82 Å². The highest BCUT2D eigenvalue weighted by atomic mass is 32.1. The summed E-state index contributed by atoms with van der Waals surface area (Å²) < 4.78 is 13.4. The second kappa shape index (κ2) is 6.40. The first-order chi connectivity index (χ1) is 11.7. The van der Waals surface area contributed by atoms with Crippen LogP contribution in [-0.2, 0) is 11.2 Å². The van der Waals surface area contributed by atoms with Crippen LogP contribution in [0, 0.1) is 5.82 Å². The van der Waals surface area contributed by atoms with Crippen LogP contribution in [0.4, 0.5) is 4.39 Å². The zero-order valence-electron chi connectivity index (χ0n) is 13.3. The number of thiophene rings is 1. The van der Waals surface area contributed by atoms with Crippen molar-refractivity contribution in [3.63, 3.8) is 0 Å². The van der Waals surface area contributed by atoms with Gasteiger partial charge in [-0.3, -0.25) is 4.79 Å². The minimum atomic E-state index is -0.218. The van der Waals surface area contributed by atoms with Gasteiger partial charge in [-0.15, -0.1) is 11.3 Å². The van der Waals surface area contributed by atoms with E-state index in [1.54, 1.807) is 23.5 Å². The van der Waals surface area contributed by atoms with Crippen LogP contribution < -0.4 is 0 Å². The lowest BCUT2D eigenvalue weighted by Crippen LogP contribution is -2.39. The van der Waals surface area contributed by atoms with Gasteiger partial charge in [0.05, 0.1) is 6.42 Å². The fraction of sp³-hybridized carbons (Fsp3) is 0.316. The molecule has 1 atom stereocenters. The van der Waals surface area contributed by atoms with Gasteiger partial charge in [0.25, 0.3) is 0 Å². The molecular formula is C19H19FN2OS. The molecule has 0 radical (unpaired) electrons. The molecule has 0 spiro atoms. The van der Waals surface area contributed by atoms with Gasteiger partial charge in [0.2, 0.25) is 5.91 Å². The number of piperidine rings is 1. The summed E-state index contributed by atoms with van der Waals surface area (Å²) in [6.45, 7) is 1.56. The third-order valence-corrected chi connectivity index (χ3v) is 5.60. The Hall–Kier alpha value is -2.14. The predicted molar refractivity (Wildman–Crippen MR) is 94.8 cm³/mol. The number of aromatic amines is 1. The van der Waals surface area contributed by atoms with Crippen molar-refractivity contribution in [2.75, 3.05) is 13.1 Å². The molecule has 1 amide bonds. The highest BCUT2D eigenvalue weighted by Gasteiger charge is 2.26. The fourth-order valence-electron chi connectivity index (χ4n) is 3.48. The minimum absolute atomic E-state index is 0.198. The van der Waals surface area contributed by atoms with Gasteiger partial charge in [0, 0.05) is 40.5 Å². The van der Waals surface area contributed by atoms with Crippen LogP contribution in [0.25, 0.3) is 10.9 Å². The summed E-state index contributed by atoms with van der Waals surface area (Å²) in [5, 5.41) is 2.90. The van der Waals surface area contributed by atoms with Crippen LogP contribution in [0.5, 0.6) is 0 Å². The van der Waals surface area contributed by atoms with Crippen molar-refractivity contribution < 1.29 is 9.18 Å². The topological polar surface area (TPSA) is 36.1 Å². The Morgan fingerprint density at radius 3 is 3.08 bits per heavy atom. The van der Waals surface area contributed by atoms with Crippen molar-refractivity contribution in [3.05, 3.63) is 58.2 Å². The van der Waals surface area contributed by atoms with E-state index in [9.17, 15) is 9.18 Å². The molecule has 0 aliphatic carbocycles. The molecule has 1 aromatic carbocycles. The SMILES string of the molecule is O=C(Cc1cccs1)N1CCCC(c2cc3cc(F)ccc3[nH]2)C1. The third kappa shape index (κ3) is 3.08. The monoisotopic (exact) mass is 342 g/mol. The fourth-order valence-corrected chi connectivity index (χ4v) is 4.17. The van der Waals surface area contributed by atoms with E-state index in [0.29, 0.717) is 12.3 Å². The number of hydrogen-bond acceptors (Lipinski definition) is 2. The maximum Gasteiger partial charge on any atom is 0.227 e. The standard InChI is InChI=1S/C19H19FN2OS/c20-15-5-6-17-14(9-15)10-18(21-17)13-3-1-7-22(12-13)19(23)11-16-4-2-8-24-16/h2,4-6,8-10,13,21H,1,3,7,11-12H2. The molecule has 0 bridgehead atoms. The molecule has 4 rings (SSSR count). The highest BCUT2D eigenvalue weighted by Crippen LogP contribution is 2.29. The number of rotatable bonds is 3. The molecule has 1 unspecified atom stereocenters. The van der Waals surface area contributed by atoms with Crippen molar-refractivity contribution in [3.8, 4) is 0 Å². The first-order valence-corrected chi connectivity index (χ1v) is 9.15. The molecule has 3 nitrogen and oxygen atoms in total. The van der Waals surface area contributed by atoms with Crippen molar-refractivity contribution in [1.29, 1.82) is 0 Å². The number of carbonyl (C=O) groups is 1. The molecular weight excluding hydrogens is 323 g/mol. The van der Waals surface area contributed by atoms with Crippen LogP contribution in [0.3, 0.4) is 0 Å². The van der Waals surface area contributed by atoms with Crippen molar-refractivity contribution in [2.24, 2.45) is 0 Å². The summed E-state index contributed by atoms with van der Waals surface area (Å²) in [5.74, 6) is 0.273. The Balaban J connectivity index is 1.50. The Labute approximate surface area is 144 Å². The average Bonchev–Trinajstić information content (AvgIpc) is 3.24. The van der Waals surface area contributed by atoms with Gasteiger partial charge in [-0.2, -0.15) is 0 Å². The molecule has 124 valence electrons. The molecule has 1 N–H and O–H groups in total. The van der Waals surface area contributed by atoms with Crippen molar-refractivity contribution >= 4 is 28.1 Å². The quantitative estimate of drug-likeness (QED) is 0.756. The lowest BCUT2D eigenvalue weighted by Gasteiger charge is -2.32. The lowest BCUT2D eigenvalue weighted by atomic mass is 9.94. The Kier molecular flexibility index (Phi) is 4.10. The van der Waals surface area contributed by atoms with Gasteiger partial charge in [0.15, 0.2) is 0 Å². The van der Waals surface area contributed by atoms with Gasteiger partial charge >= 0.3 is 0 Å². The average molecular weight is 342 g/mol. The number of likely N-dealkylation sites (tertiary alicyclic amines) is 1. The van der Waals surface area contributed by atoms with Gasteiger partial charge in [-0.25, -0.2) is 4.39 Å². The van der Waals surface area contributed by atoms with E-state index >= 15 is 0 Å². The number of hydrogen-bond donors (Lipinski definition) is 1. The van der Waals surface area contributed by atoms with Crippen LogP contribution in [-0.4, -0.2) is 28.9 Å². The Bertz CT molecular complexity index is 856. The van der Waals surface area contributed by atoms with Gasteiger partial charge < -0.3 is 9.88 Å². The van der Waals surface area contributed by atoms with Crippen molar-refractivity contribution in [2.45, 2.75) is 25.2 Å². The molecule has 1 fully saturated rings. The van der Waals surface area contributed by atoms with E-state index in [1.165, 1.54) is 6.07 Å². The molecule has 1 aliphatic heterocycles. The number of H-pyrrole nitrogens is 1. The first-order valence-electron chi connectivity index (χ1n) is 8.27. The first kappa shape index (κ1) is 15.4. The second-order valence-corrected chi connectivity index (χ2v) is 7.42. The number of carbonyl (C=O) groups excluding carboxylic acids is 1. The number of benzene rings is 1. The normalized spacial score (nSPS) is 18.2. The molecule has 3 heterocycles.